The van der Waals surface area contributed by atoms with E-state index < -0.39 is 0 Å². The summed E-state index contributed by atoms with van der Waals surface area (Å²) in [4.78, 5) is 6.72. The highest BCUT2D eigenvalue weighted by Crippen LogP contribution is 2.34. The molecule has 0 saturated carbocycles. The van der Waals surface area contributed by atoms with Crippen LogP contribution in [0.15, 0.2) is 23.2 Å². The van der Waals surface area contributed by atoms with Gasteiger partial charge in [-0.2, -0.15) is 5.26 Å². The van der Waals surface area contributed by atoms with Gasteiger partial charge in [0.2, 0.25) is 0 Å². The number of aromatic hydroxyl groups is 1. The molecule has 0 spiro atoms. The van der Waals surface area contributed by atoms with Crippen LogP contribution < -0.4 is 5.73 Å². The van der Waals surface area contributed by atoms with Crippen LogP contribution in [-0.4, -0.2) is 23.4 Å². The Morgan fingerprint density at radius 3 is 2.81 bits per heavy atom. The summed E-state index contributed by atoms with van der Waals surface area (Å²) >= 11 is 11.1. The van der Waals surface area contributed by atoms with Crippen molar-refractivity contribution in [2.24, 2.45) is 4.99 Å². The number of nitriles is 1. The summed E-state index contributed by atoms with van der Waals surface area (Å²) in [6.07, 6.45) is 1.54. The van der Waals surface area contributed by atoms with Crippen molar-refractivity contribution in [3.63, 3.8) is 0 Å². The molecule has 0 unspecified atom stereocenters. The van der Waals surface area contributed by atoms with E-state index in [1.54, 1.807) is 19.2 Å². The van der Waals surface area contributed by atoms with Gasteiger partial charge in [-0.15, -0.1) is 0 Å². The van der Waals surface area contributed by atoms with Crippen LogP contribution in [0.4, 0.5) is 5.82 Å². The van der Waals surface area contributed by atoms with Gasteiger partial charge in [0.15, 0.2) is 0 Å². The lowest BCUT2D eigenvalue weighted by atomic mass is 9.96. The molecule has 2 rings (SSSR count). The van der Waals surface area contributed by atoms with Crippen LogP contribution >= 0.6 is 23.8 Å². The highest BCUT2D eigenvalue weighted by atomic mass is 35.5. The number of benzene rings is 1. The maximum Gasteiger partial charge on any atom is 0.134 e. The van der Waals surface area contributed by atoms with E-state index in [2.05, 4.69) is 16.0 Å². The van der Waals surface area contributed by atoms with Gasteiger partial charge < -0.3 is 15.8 Å². The number of H-pyrrole nitrogens is 1. The van der Waals surface area contributed by atoms with Crippen LogP contribution in [0.1, 0.15) is 11.1 Å². The number of nitrogens with two attached hydrogens (primary N) is 1. The van der Waals surface area contributed by atoms with Crippen molar-refractivity contribution in [2.75, 3.05) is 12.8 Å². The van der Waals surface area contributed by atoms with E-state index in [4.69, 9.17) is 29.6 Å². The second kappa shape index (κ2) is 5.95. The number of phenols is 1. The van der Waals surface area contributed by atoms with Gasteiger partial charge >= 0.3 is 0 Å². The summed E-state index contributed by atoms with van der Waals surface area (Å²) < 4.78 is 0.238. The Balaban J connectivity index is 2.91. The zero-order valence-corrected chi connectivity index (χ0v) is 12.6. The van der Waals surface area contributed by atoms with Crippen LogP contribution in [0.25, 0.3) is 11.1 Å². The van der Waals surface area contributed by atoms with Gasteiger partial charge in [0.25, 0.3) is 0 Å². The number of hydrogen-bond donors (Lipinski definition) is 3. The first-order valence-electron chi connectivity index (χ1n) is 5.86. The van der Waals surface area contributed by atoms with Crippen molar-refractivity contribution in [3.8, 4) is 22.9 Å². The van der Waals surface area contributed by atoms with Gasteiger partial charge in [0.05, 0.1) is 10.6 Å². The van der Waals surface area contributed by atoms with Gasteiger partial charge in [0.1, 0.15) is 22.3 Å². The molecule has 0 aliphatic heterocycles. The molecule has 0 aliphatic rings. The Labute approximate surface area is 131 Å². The van der Waals surface area contributed by atoms with E-state index in [0.29, 0.717) is 22.5 Å². The normalized spacial score (nSPS) is 10.7. The maximum absolute atomic E-state index is 9.52. The molecule has 0 atom stereocenters. The fourth-order valence-electron chi connectivity index (χ4n) is 1.97. The predicted octanol–water partition coefficient (Wildman–Crippen LogP) is 3.27. The van der Waals surface area contributed by atoms with E-state index in [0.717, 1.165) is 0 Å². The molecule has 0 fully saturated rings. The number of nitrogen functional groups attached to an aromatic ring is 1. The van der Waals surface area contributed by atoms with Crippen molar-refractivity contribution >= 4 is 35.9 Å². The molecule has 0 bridgehead atoms. The molecule has 1 aromatic carbocycles. The minimum absolute atomic E-state index is 0.0429. The number of nitrogens with zero attached hydrogens (tertiary/aromatic N) is 2. The largest absolute Gasteiger partial charge is 0.506 e. The third-order valence-electron chi connectivity index (χ3n) is 2.89. The third-order valence-corrected chi connectivity index (χ3v) is 3.50. The minimum Gasteiger partial charge on any atom is -0.506 e. The number of anilines is 1. The first-order valence-corrected chi connectivity index (χ1v) is 6.65. The van der Waals surface area contributed by atoms with E-state index in [1.807, 2.05) is 0 Å². The minimum atomic E-state index is -0.0429. The second-order valence-electron chi connectivity index (χ2n) is 4.20. The summed E-state index contributed by atoms with van der Waals surface area (Å²) in [5.41, 5.74) is 7.91. The molecule has 0 saturated heterocycles. The van der Waals surface area contributed by atoms with Gasteiger partial charge in [-0.3, -0.25) is 4.99 Å². The molecule has 4 N–H and O–H groups in total. The number of halogens is 1. The Bertz CT molecular complexity index is 836. The van der Waals surface area contributed by atoms with Crippen molar-refractivity contribution in [1.82, 2.24) is 4.98 Å². The van der Waals surface area contributed by atoms with E-state index >= 15 is 0 Å². The summed E-state index contributed by atoms with van der Waals surface area (Å²) in [5, 5.41) is 19.1. The van der Waals surface area contributed by atoms with Gasteiger partial charge in [-0.05, 0) is 17.7 Å². The van der Waals surface area contributed by atoms with Crippen LogP contribution in [0.2, 0.25) is 5.02 Å². The Kier molecular flexibility index (Phi) is 4.26. The Morgan fingerprint density at radius 1 is 1.52 bits per heavy atom. The maximum atomic E-state index is 9.52. The monoisotopic (exact) mass is 318 g/mol. The molecule has 21 heavy (non-hydrogen) atoms. The first kappa shape index (κ1) is 15.0. The van der Waals surface area contributed by atoms with Crippen molar-refractivity contribution < 1.29 is 5.11 Å². The smallest absolute Gasteiger partial charge is 0.134 e. The molecule has 1 heterocycles. The zero-order chi connectivity index (χ0) is 15.6. The molecule has 2 aromatic rings. The summed E-state index contributed by atoms with van der Waals surface area (Å²) in [7, 11) is 1.60. The lowest BCUT2D eigenvalue weighted by Gasteiger charge is -2.12. The van der Waals surface area contributed by atoms with Gasteiger partial charge in [0, 0.05) is 24.4 Å². The number of nitrogens with one attached hydrogen (secondary N) is 1. The zero-order valence-electron chi connectivity index (χ0n) is 11.0. The summed E-state index contributed by atoms with van der Waals surface area (Å²) in [5.74, 6) is 0.266. The average Bonchev–Trinajstić information content (AvgIpc) is 2.44. The molecule has 1 aromatic heterocycles. The molecule has 106 valence electrons. The molecule has 7 heteroatoms. The molecule has 0 aliphatic carbocycles. The Morgan fingerprint density at radius 2 is 2.24 bits per heavy atom. The Hall–Kier alpha value is -2.36. The molecular formula is C14H11ClN4OS. The van der Waals surface area contributed by atoms with Gasteiger partial charge in [-0.25, -0.2) is 0 Å². The first-order chi connectivity index (χ1) is 9.99. The van der Waals surface area contributed by atoms with Crippen LogP contribution in [0.3, 0.4) is 0 Å². The standard InChI is InChI=1S/C14H11ClN4OS/c1-18-6-9-12(7-2-3-11(20)10(15)4-7)8(5-16)14(21)19-13(9)17/h2-4,6,20H,1H3,(H3,17,19,21). The van der Waals surface area contributed by atoms with E-state index in [1.165, 1.54) is 12.3 Å². The molecule has 0 radical (unpaired) electrons. The lowest BCUT2D eigenvalue weighted by molar-refractivity contribution is 0.475. The third kappa shape index (κ3) is 2.75. The molecular weight excluding hydrogens is 308 g/mol. The average molecular weight is 319 g/mol. The molecule has 5 nitrogen and oxygen atoms in total. The van der Waals surface area contributed by atoms with Crippen LogP contribution in [-0.2, 0) is 0 Å². The number of aromatic nitrogens is 1. The van der Waals surface area contributed by atoms with Crippen molar-refractivity contribution in [2.45, 2.75) is 0 Å². The van der Waals surface area contributed by atoms with E-state index in [9.17, 15) is 10.4 Å². The predicted molar refractivity (Wildman–Crippen MR) is 86.4 cm³/mol. The number of phenolic OH excluding ortho intramolecular Hbond substituents is 1. The summed E-state index contributed by atoms with van der Waals surface area (Å²) in [6, 6.07) is 6.70. The number of aromatic amines is 1. The SMILES string of the molecule is CN=Cc1c(N)[nH]c(=S)c(C#N)c1-c1ccc(O)c(Cl)c1. The fraction of sp³-hybridized carbons (Fsp3) is 0.0714. The lowest BCUT2D eigenvalue weighted by Crippen LogP contribution is -2.03. The number of rotatable bonds is 2. The molecule has 0 amide bonds. The quantitative estimate of drug-likeness (QED) is 0.584. The van der Waals surface area contributed by atoms with E-state index in [-0.39, 0.29) is 21.0 Å². The number of hydrogen-bond acceptors (Lipinski definition) is 5. The fourth-order valence-corrected chi connectivity index (χ4v) is 2.41. The van der Waals surface area contributed by atoms with Crippen molar-refractivity contribution in [1.29, 1.82) is 5.26 Å². The highest BCUT2D eigenvalue weighted by molar-refractivity contribution is 7.71. The van der Waals surface area contributed by atoms with Crippen LogP contribution in [0.5, 0.6) is 5.75 Å². The topological polar surface area (TPSA) is 98.2 Å². The van der Waals surface area contributed by atoms with Crippen molar-refractivity contribution in [3.05, 3.63) is 39.0 Å². The van der Waals surface area contributed by atoms with Gasteiger partial charge in [-0.1, -0.05) is 29.9 Å². The summed E-state index contributed by atoms with van der Waals surface area (Å²) in [6.45, 7) is 0. The number of pyridine rings is 1. The second-order valence-corrected chi connectivity index (χ2v) is 5.01. The highest BCUT2D eigenvalue weighted by Gasteiger charge is 2.16. The number of aliphatic imine (C=N–C) groups is 1. The van der Waals surface area contributed by atoms with Crippen LogP contribution in [0, 0.1) is 16.0 Å².